The number of rotatable bonds is 5. The molecular formula is C16H22F2N2O. The molecule has 1 aromatic rings. The van der Waals surface area contributed by atoms with Crippen LogP contribution in [0.3, 0.4) is 0 Å². The minimum Gasteiger partial charge on any atom is -0.338 e. The Labute approximate surface area is 124 Å². The van der Waals surface area contributed by atoms with E-state index in [0.29, 0.717) is 13.1 Å². The highest BCUT2D eigenvalue weighted by atomic mass is 19.1. The summed E-state index contributed by atoms with van der Waals surface area (Å²) >= 11 is 0. The van der Waals surface area contributed by atoms with Crippen LogP contribution < -0.4 is 5.73 Å². The van der Waals surface area contributed by atoms with E-state index >= 15 is 0 Å². The average Bonchev–Trinajstić information content (AvgIpc) is 2.49. The average molecular weight is 296 g/mol. The molecule has 5 heteroatoms. The molecule has 0 saturated heterocycles. The smallest absolute Gasteiger partial charge is 0.227 e. The van der Waals surface area contributed by atoms with Gasteiger partial charge in [-0.05, 0) is 25.0 Å². The summed E-state index contributed by atoms with van der Waals surface area (Å²) < 4.78 is 27.3. The molecule has 0 bridgehead atoms. The van der Waals surface area contributed by atoms with Gasteiger partial charge in [-0.15, -0.1) is 0 Å². The predicted octanol–water partition coefficient (Wildman–Crippen LogP) is 2.63. The Balaban J connectivity index is 2.11. The first-order valence-electron chi connectivity index (χ1n) is 7.56. The van der Waals surface area contributed by atoms with Crippen LogP contribution in [0.15, 0.2) is 18.2 Å². The van der Waals surface area contributed by atoms with E-state index < -0.39 is 11.6 Å². The van der Waals surface area contributed by atoms with E-state index in [-0.39, 0.29) is 23.9 Å². The molecule has 0 aliphatic heterocycles. The van der Waals surface area contributed by atoms with E-state index in [1.54, 1.807) is 4.90 Å². The van der Waals surface area contributed by atoms with Gasteiger partial charge in [0.15, 0.2) is 0 Å². The molecular weight excluding hydrogens is 274 g/mol. The molecule has 1 aromatic carbocycles. The molecule has 0 radical (unpaired) electrons. The Hall–Kier alpha value is -1.49. The van der Waals surface area contributed by atoms with Crippen molar-refractivity contribution in [2.75, 3.05) is 13.1 Å². The summed E-state index contributed by atoms with van der Waals surface area (Å²) in [5, 5.41) is 0. The highest BCUT2D eigenvalue weighted by Crippen LogP contribution is 2.23. The van der Waals surface area contributed by atoms with Crippen molar-refractivity contribution in [3.05, 3.63) is 35.4 Å². The van der Waals surface area contributed by atoms with E-state index in [9.17, 15) is 13.6 Å². The van der Waals surface area contributed by atoms with E-state index in [4.69, 9.17) is 5.73 Å². The van der Waals surface area contributed by atoms with Gasteiger partial charge >= 0.3 is 0 Å². The highest BCUT2D eigenvalue weighted by molar-refractivity contribution is 5.79. The molecule has 1 aliphatic carbocycles. The van der Waals surface area contributed by atoms with Crippen molar-refractivity contribution >= 4 is 5.91 Å². The second-order valence-corrected chi connectivity index (χ2v) is 5.54. The van der Waals surface area contributed by atoms with Crippen molar-refractivity contribution in [3.63, 3.8) is 0 Å². The Morgan fingerprint density at radius 2 is 1.81 bits per heavy atom. The van der Waals surface area contributed by atoms with Gasteiger partial charge in [-0.2, -0.15) is 0 Å². The number of carbonyl (C=O) groups excluding carboxylic acids is 1. The van der Waals surface area contributed by atoms with Crippen LogP contribution in [0.1, 0.15) is 37.7 Å². The molecule has 3 nitrogen and oxygen atoms in total. The second-order valence-electron chi connectivity index (χ2n) is 5.54. The summed E-state index contributed by atoms with van der Waals surface area (Å²) in [4.78, 5) is 14.2. The maximum Gasteiger partial charge on any atom is 0.227 e. The minimum atomic E-state index is -0.667. The third-order valence-corrected chi connectivity index (χ3v) is 4.10. The highest BCUT2D eigenvalue weighted by Gasteiger charge is 2.26. The van der Waals surface area contributed by atoms with Crippen LogP contribution in [0.2, 0.25) is 0 Å². The molecule has 1 fully saturated rings. The summed E-state index contributed by atoms with van der Waals surface area (Å²) in [5.74, 6) is -1.57. The molecule has 21 heavy (non-hydrogen) atoms. The lowest BCUT2D eigenvalue weighted by Crippen LogP contribution is -2.45. The maximum atomic E-state index is 13.7. The van der Waals surface area contributed by atoms with Crippen LogP contribution >= 0.6 is 0 Å². The topological polar surface area (TPSA) is 46.3 Å². The summed E-state index contributed by atoms with van der Waals surface area (Å²) in [7, 11) is 0. The standard InChI is InChI=1S/C16H22F2N2O/c17-14-7-4-8-15(18)13(14)11-16(21)20(10-9-19)12-5-2-1-3-6-12/h4,7-8,12H,1-3,5-6,9-11,19H2. The number of benzene rings is 1. The first-order chi connectivity index (χ1) is 10.1. The van der Waals surface area contributed by atoms with Crippen LogP contribution in [-0.2, 0) is 11.2 Å². The number of carbonyl (C=O) groups is 1. The van der Waals surface area contributed by atoms with E-state index in [1.165, 1.54) is 24.6 Å². The zero-order chi connectivity index (χ0) is 15.2. The van der Waals surface area contributed by atoms with Gasteiger partial charge in [0.2, 0.25) is 5.91 Å². The van der Waals surface area contributed by atoms with Gasteiger partial charge in [0.25, 0.3) is 0 Å². The first-order valence-corrected chi connectivity index (χ1v) is 7.56. The molecule has 0 unspecified atom stereocenters. The molecule has 2 N–H and O–H groups in total. The third kappa shape index (κ3) is 4.00. The fourth-order valence-corrected chi connectivity index (χ4v) is 3.00. The Morgan fingerprint density at radius 3 is 2.38 bits per heavy atom. The zero-order valence-corrected chi connectivity index (χ0v) is 12.2. The van der Waals surface area contributed by atoms with Crippen molar-refractivity contribution in [2.24, 2.45) is 5.73 Å². The lowest BCUT2D eigenvalue weighted by Gasteiger charge is -2.34. The van der Waals surface area contributed by atoms with Gasteiger partial charge in [-0.3, -0.25) is 4.79 Å². The Bertz CT molecular complexity index is 467. The van der Waals surface area contributed by atoms with Crippen molar-refractivity contribution in [1.82, 2.24) is 4.90 Å². The number of nitrogens with zero attached hydrogens (tertiary/aromatic N) is 1. The molecule has 0 heterocycles. The molecule has 2 rings (SSSR count). The fraction of sp³-hybridized carbons (Fsp3) is 0.562. The number of nitrogens with two attached hydrogens (primary N) is 1. The Kier molecular flexibility index (Phi) is 5.67. The largest absolute Gasteiger partial charge is 0.338 e. The number of halogens is 2. The van der Waals surface area contributed by atoms with E-state index in [2.05, 4.69) is 0 Å². The third-order valence-electron chi connectivity index (χ3n) is 4.10. The molecule has 116 valence electrons. The summed E-state index contributed by atoms with van der Waals surface area (Å²) in [6.45, 7) is 0.807. The minimum absolute atomic E-state index is 0.152. The van der Waals surface area contributed by atoms with Crippen LogP contribution in [0.5, 0.6) is 0 Å². The number of hydrogen-bond donors (Lipinski definition) is 1. The number of hydrogen-bond acceptors (Lipinski definition) is 2. The molecule has 1 amide bonds. The van der Waals surface area contributed by atoms with Gasteiger partial charge in [0, 0.05) is 24.7 Å². The first kappa shape index (κ1) is 15.9. The van der Waals surface area contributed by atoms with Crippen molar-refractivity contribution in [1.29, 1.82) is 0 Å². The van der Waals surface area contributed by atoms with Gasteiger partial charge in [0.05, 0.1) is 6.42 Å². The monoisotopic (exact) mass is 296 g/mol. The molecule has 0 atom stereocenters. The summed E-state index contributed by atoms with van der Waals surface area (Å²) in [6.07, 6.45) is 5.02. The molecule has 1 saturated carbocycles. The number of amides is 1. The quantitative estimate of drug-likeness (QED) is 0.908. The summed E-state index contributed by atoms with van der Waals surface area (Å²) in [6, 6.07) is 3.82. The van der Waals surface area contributed by atoms with E-state index in [1.807, 2.05) is 0 Å². The molecule has 1 aliphatic rings. The van der Waals surface area contributed by atoms with Crippen molar-refractivity contribution < 1.29 is 13.6 Å². The van der Waals surface area contributed by atoms with Crippen molar-refractivity contribution in [3.8, 4) is 0 Å². The SMILES string of the molecule is NCCN(C(=O)Cc1c(F)cccc1F)C1CCCCC1. The molecule has 0 aromatic heterocycles. The van der Waals surface area contributed by atoms with Gasteiger partial charge < -0.3 is 10.6 Å². The lowest BCUT2D eigenvalue weighted by atomic mass is 9.93. The van der Waals surface area contributed by atoms with Crippen molar-refractivity contribution in [2.45, 2.75) is 44.6 Å². The van der Waals surface area contributed by atoms with E-state index in [0.717, 1.165) is 25.7 Å². The van der Waals surface area contributed by atoms with Gasteiger partial charge in [-0.1, -0.05) is 25.3 Å². The summed E-state index contributed by atoms with van der Waals surface area (Å²) in [5.41, 5.74) is 5.43. The van der Waals surface area contributed by atoms with Gasteiger partial charge in [0.1, 0.15) is 11.6 Å². The molecule has 0 spiro atoms. The van der Waals surface area contributed by atoms with Gasteiger partial charge in [-0.25, -0.2) is 8.78 Å². The van der Waals surface area contributed by atoms with Crippen LogP contribution in [0, 0.1) is 11.6 Å². The predicted molar refractivity (Wildman–Crippen MR) is 77.7 cm³/mol. The maximum absolute atomic E-state index is 13.7. The second kappa shape index (κ2) is 7.50. The van der Waals surface area contributed by atoms with Crippen LogP contribution in [0.4, 0.5) is 8.78 Å². The normalized spacial score (nSPS) is 16.0. The lowest BCUT2D eigenvalue weighted by molar-refractivity contribution is -0.133. The Morgan fingerprint density at radius 1 is 1.19 bits per heavy atom. The van der Waals surface area contributed by atoms with Crippen LogP contribution in [0.25, 0.3) is 0 Å². The van der Waals surface area contributed by atoms with Crippen LogP contribution in [-0.4, -0.2) is 29.9 Å². The zero-order valence-electron chi connectivity index (χ0n) is 12.2. The fourth-order valence-electron chi connectivity index (χ4n) is 3.00.